The normalized spacial score (nSPS) is 11.6. The van der Waals surface area contributed by atoms with Crippen LogP contribution in [-0.2, 0) is 0 Å². The van der Waals surface area contributed by atoms with Gasteiger partial charge in [0, 0.05) is 27.1 Å². The van der Waals surface area contributed by atoms with Gasteiger partial charge in [-0.3, -0.25) is 9.78 Å². The fourth-order valence-corrected chi connectivity index (χ4v) is 3.48. The van der Waals surface area contributed by atoms with Gasteiger partial charge < -0.3 is 4.98 Å². The van der Waals surface area contributed by atoms with Crippen LogP contribution in [0.5, 0.6) is 0 Å². The van der Waals surface area contributed by atoms with Crippen molar-refractivity contribution in [3.05, 3.63) is 53.1 Å². The van der Waals surface area contributed by atoms with Gasteiger partial charge in [-0.05, 0) is 12.1 Å². The molecule has 18 heavy (non-hydrogen) atoms. The summed E-state index contributed by atoms with van der Waals surface area (Å²) >= 11 is 1.54. The van der Waals surface area contributed by atoms with Gasteiger partial charge in [0.2, 0.25) is 0 Å². The molecule has 0 bridgehead atoms. The third kappa shape index (κ3) is 1.18. The quantitative estimate of drug-likeness (QED) is 0.522. The highest BCUT2D eigenvalue weighted by Crippen LogP contribution is 2.35. The zero-order valence-electron chi connectivity index (χ0n) is 9.31. The maximum absolute atomic E-state index is 12.1. The average Bonchev–Trinajstić information content (AvgIpc) is 2.79. The number of aromatic nitrogens is 2. The van der Waals surface area contributed by atoms with E-state index in [1.54, 1.807) is 12.4 Å². The molecule has 0 amide bonds. The van der Waals surface area contributed by atoms with Crippen LogP contribution in [0.4, 0.5) is 0 Å². The van der Waals surface area contributed by atoms with E-state index in [1.807, 2.05) is 24.3 Å². The minimum Gasteiger partial charge on any atom is -0.319 e. The standard InChI is InChI=1S/C14H8N2OS/c17-14-13-12(8-5-6-15-7-10(8)16-14)9-3-1-2-4-11(9)18-13/h1-7H,(H,16,17). The van der Waals surface area contributed by atoms with Crippen molar-refractivity contribution < 1.29 is 0 Å². The summed E-state index contributed by atoms with van der Waals surface area (Å²) in [6.07, 6.45) is 3.45. The predicted octanol–water partition coefficient (Wildman–Crippen LogP) is 3.29. The number of fused-ring (bicyclic) bond motifs is 5. The molecule has 1 N–H and O–H groups in total. The fraction of sp³-hybridized carbons (Fsp3) is 0. The molecule has 0 atom stereocenters. The number of hydrogen-bond donors (Lipinski definition) is 1. The van der Waals surface area contributed by atoms with Crippen molar-refractivity contribution in [2.24, 2.45) is 0 Å². The van der Waals surface area contributed by atoms with Gasteiger partial charge in [0.15, 0.2) is 0 Å². The molecular weight excluding hydrogens is 244 g/mol. The smallest absolute Gasteiger partial charge is 0.266 e. The third-order valence-corrected chi connectivity index (χ3v) is 4.31. The van der Waals surface area contributed by atoms with E-state index < -0.39 is 0 Å². The molecular formula is C14H8N2OS. The first kappa shape index (κ1) is 9.79. The molecule has 0 saturated heterocycles. The topological polar surface area (TPSA) is 45.8 Å². The number of nitrogens with one attached hydrogen (secondary N) is 1. The molecule has 3 nitrogen and oxygen atoms in total. The Kier molecular flexibility index (Phi) is 1.85. The lowest BCUT2D eigenvalue weighted by atomic mass is 10.1. The van der Waals surface area contributed by atoms with E-state index >= 15 is 0 Å². The van der Waals surface area contributed by atoms with Gasteiger partial charge in [-0.15, -0.1) is 11.3 Å². The molecule has 0 fully saturated rings. The molecule has 4 rings (SSSR count). The highest BCUT2D eigenvalue weighted by atomic mass is 32.1. The molecule has 0 aliphatic rings. The summed E-state index contributed by atoms with van der Waals surface area (Å²) in [5, 5.41) is 3.23. The number of nitrogens with zero attached hydrogens (tertiary/aromatic N) is 1. The summed E-state index contributed by atoms with van der Waals surface area (Å²) in [6.45, 7) is 0. The number of aromatic amines is 1. The van der Waals surface area contributed by atoms with E-state index in [9.17, 15) is 4.79 Å². The molecule has 0 aliphatic heterocycles. The first-order valence-corrected chi connectivity index (χ1v) is 6.43. The molecule has 3 heterocycles. The minimum absolute atomic E-state index is 0.0355. The van der Waals surface area contributed by atoms with Crippen molar-refractivity contribution in [1.82, 2.24) is 9.97 Å². The van der Waals surface area contributed by atoms with Crippen molar-refractivity contribution in [1.29, 1.82) is 0 Å². The molecule has 86 valence electrons. The van der Waals surface area contributed by atoms with Crippen molar-refractivity contribution in [2.45, 2.75) is 0 Å². The van der Waals surface area contributed by atoms with Crippen molar-refractivity contribution in [2.75, 3.05) is 0 Å². The van der Waals surface area contributed by atoms with Crippen molar-refractivity contribution >= 4 is 42.4 Å². The van der Waals surface area contributed by atoms with Gasteiger partial charge in [-0.1, -0.05) is 18.2 Å². The van der Waals surface area contributed by atoms with Crippen LogP contribution >= 0.6 is 11.3 Å². The predicted molar refractivity (Wildman–Crippen MR) is 75.3 cm³/mol. The Labute approximate surface area is 106 Å². The zero-order chi connectivity index (χ0) is 12.1. The molecule has 0 unspecified atom stereocenters. The molecule has 1 aromatic carbocycles. The van der Waals surface area contributed by atoms with Gasteiger partial charge in [0.1, 0.15) is 4.70 Å². The van der Waals surface area contributed by atoms with Crippen LogP contribution in [0, 0.1) is 0 Å². The highest BCUT2D eigenvalue weighted by Gasteiger charge is 2.11. The Morgan fingerprint density at radius 1 is 1.11 bits per heavy atom. The number of hydrogen-bond acceptors (Lipinski definition) is 3. The summed E-state index contributed by atoms with van der Waals surface area (Å²) in [7, 11) is 0. The Bertz CT molecular complexity index is 952. The Balaban J connectivity index is 2.45. The molecule has 0 saturated carbocycles. The second-order valence-corrected chi connectivity index (χ2v) is 5.23. The first-order valence-electron chi connectivity index (χ1n) is 5.62. The van der Waals surface area contributed by atoms with Gasteiger partial charge in [-0.25, -0.2) is 0 Å². The number of rotatable bonds is 0. The van der Waals surface area contributed by atoms with Crippen molar-refractivity contribution in [3.63, 3.8) is 0 Å². The summed E-state index contributed by atoms with van der Waals surface area (Å²) in [5.41, 5.74) is 0.755. The van der Waals surface area contributed by atoms with E-state index in [4.69, 9.17) is 0 Å². The molecule has 0 radical (unpaired) electrons. The lowest BCUT2D eigenvalue weighted by Crippen LogP contribution is -2.04. The van der Waals surface area contributed by atoms with E-state index in [2.05, 4.69) is 16.0 Å². The van der Waals surface area contributed by atoms with Crippen LogP contribution in [0.1, 0.15) is 0 Å². The SMILES string of the molecule is O=c1[nH]c2cnccc2c2c1sc1ccccc12. The average molecular weight is 252 g/mol. The first-order chi connectivity index (χ1) is 8.84. The highest BCUT2D eigenvalue weighted by molar-refractivity contribution is 7.25. The molecule has 0 spiro atoms. The zero-order valence-corrected chi connectivity index (χ0v) is 10.1. The van der Waals surface area contributed by atoms with E-state index in [1.165, 1.54) is 11.3 Å². The van der Waals surface area contributed by atoms with Gasteiger partial charge in [0.25, 0.3) is 5.56 Å². The number of benzene rings is 1. The fourth-order valence-electron chi connectivity index (χ4n) is 2.36. The van der Waals surface area contributed by atoms with Gasteiger partial charge in [0.05, 0.1) is 11.7 Å². The maximum atomic E-state index is 12.1. The monoisotopic (exact) mass is 252 g/mol. The Hall–Kier alpha value is -2.20. The largest absolute Gasteiger partial charge is 0.319 e. The number of H-pyrrole nitrogens is 1. The maximum Gasteiger partial charge on any atom is 0.266 e. The summed E-state index contributed by atoms with van der Waals surface area (Å²) in [4.78, 5) is 19.0. The second kappa shape index (κ2) is 3.40. The Morgan fingerprint density at radius 2 is 2.00 bits per heavy atom. The lowest BCUT2D eigenvalue weighted by Gasteiger charge is -1.99. The van der Waals surface area contributed by atoms with Crippen LogP contribution in [0.3, 0.4) is 0 Å². The van der Waals surface area contributed by atoms with Crippen LogP contribution in [0.15, 0.2) is 47.5 Å². The molecule has 4 aromatic rings. The van der Waals surface area contributed by atoms with Gasteiger partial charge in [-0.2, -0.15) is 0 Å². The van der Waals surface area contributed by atoms with E-state index in [0.29, 0.717) is 0 Å². The van der Waals surface area contributed by atoms with Gasteiger partial charge >= 0.3 is 0 Å². The Morgan fingerprint density at radius 3 is 2.94 bits per heavy atom. The van der Waals surface area contributed by atoms with Crippen molar-refractivity contribution in [3.8, 4) is 0 Å². The summed E-state index contributed by atoms with van der Waals surface area (Å²) in [5.74, 6) is 0. The van der Waals surface area contributed by atoms with Crippen LogP contribution < -0.4 is 5.56 Å². The molecule has 4 heteroatoms. The summed E-state index contributed by atoms with van der Waals surface area (Å²) < 4.78 is 1.93. The van der Waals surface area contributed by atoms with Crippen LogP contribution in [0.2, 0.25) is 0 Å². The van der Waals surface area contributed by atoms with E-state index in [-0.39, 0.29) is 5.56 Å². The molecule has 0 aliphatic carbocycles. The molecule has 3 aromatic heterocycles. The van der Waals surface area contributed by atoms with E-state index in [0.717, 1.165) is 31.1 Å². The summed E-state index contributed by atoms with van der Waals surface area (Å²) in [6, 6.07) is 10.1. The number of pyridine rings is 2. The van der Waals surface area contributed by atoms with Crippen LogP contribution in [0.25, 0.3) is 31.1 Å². The minimum atomic E-state index is -0.0355. The number of thiophene rings is 1. The second-order valence-electron chi connectivity index (χ2n) is 4.18. The third-order valence-electron chi connectivity index (χ3n) is 3.14. The lowest BCUT2D eigenvalue weighted by molar-refractivity contribution is 1.29. The van der Waals surface area contributed by atoms with Crippen LogP contribution in [-0.4, -0.2) is 9.97 Å².